The summed E-state index contributed by atoms with van der Waals surface area (Å²) in [5.74, 6) is -0.535. The van der Waals surface area contributed by atoms with Gasteiger partial charge >= 0.3 is 0 Å². The molecule has 0 fully saturated rings. The molecule has 0 aromatic heterocycles. The van der Waals surface area contributed by atoms with Crippen molar-refractivity contribution in [3.05, 3.63) is 34.9 Å². The lowest BCUT2D eigenvalue weighted by Gasteiger charge is -2.13. The first-order chi connectivity index (χ1) is 7.41. The maximum Gasteiger partial charge on any atom is 0.130 e. The zero-order valence-electron chi connectivity index (χ0n) is 9.86. The fourth-order valence-electron chi connectivity index (χ4n) is 1.55. The van der Waals surface area contributed by atoms with Gasteiger partial charge in [-0.25, -0.2) is 8.78 Å². The number of rotatable bonds is 4. The van der Waals surface area contributed by atoms with Crippen molar-refractivity contribution in [1.29, 1.82) is 0 Å². The van der Waals surface area contributed by atoms with E-state index in [-0.39, 0.29) is 5.38 Å². The second-order valence-corrected chi connectivity index (χ2v) is 5.09. The second kappa shape index (κ2) is 5.62. The predicted octanol–water partition coefficient (Wildman–Crippen LogP) is 4.99. The third-order valence-electron chi connectivity index (χ3n) is 2.61. The maximum atomic E-state index is 13.5. The van der Waals surface area contributed by atoms with E-state index in [9.17, 15) is 8.78 Å². The molecule has 0 heterocycles. The van der Waals surface area contributed by atoms with Crippen molar-refractivity contribution >= 4 is 11.6 Å². The summed E-state index contributed by atoms with van der Waals surface area (Å²) >= 11 is 6.12. The average molecular weight is 247 g/mol. The van der Waals surface area contributed by atoms with Crippen LogP contribution in [0.1, 0.15) is 43.2 Å². The maximum absolute atomic E-state index is 13.5. The molecule has 0 bridgehead atoms. The fourth-order valence-corrected chi connectivity index (χ4v) is 1.85. The van der Waals surface area contributed by atoms with Crippen LogP contribution in [0, 0.1) is 24.5 Å². The first-order valence-electron chi connectivity index (χ1n) is 5.51. The van der Waals surface area contributed by atoms with Crippen molar-refractivity contribution in [1.82, 2.24) is 0 Å². The minimum atomic E-state index is -0.549. The lowest BCUT2D eigenvalue weighted by Crippen LogP contribution is -2.00. The molecule has 1 unspecified atom stereocenters. The van der Waals surface area contributed by atoms with Crippen molar-refractivity contribution in [3.8, 4) is 0 Å². The van der Waals surface area contributed by atoms with Crippen molar-refractivity contribution in [2.24, 2.45) is 5.92 Å². The Labute approximate surface area is 101 Å². The number of alkyl halides is 1. The molecule has 1 aromatic rings. The van der Waals surface area contributed by atoms with Crippen LogP contribution in [0.25, 0.3) is 0 Å². The van der Waals surface area contributed by atoms with E-state index in [1.165, 1.54) is 6.07 Å². The molecule has 0 aliphatic rings. The molecule has 0 N–H and O–H groups in total. The van der Waals surface area contributed by atoms with Gasteiger partial charge in [-0.2, -0.15) is 0 Å². The molecule has 0 amide bonds. The van der Waals surface area contributed by atoms with Gasteiger partial charge in [-0.05, 0) is 37.3 Å². The molecule has 16 heavy (non-hydrogen) atoms. The van der Waals surface area contributed by atoms with E-state index >= 15 is 0 Å². The number of aryl methyl sites for hydroxylation is 1. The molecule has 1 atom stereocenters. The highest BCUT2D eigenvalue weighted by molar-refractivity contribution is 6.20. The van der Waals surface area contributed by atoms with Gasteiger partial charge in [0.2, 0.25) is 0 Å². The monoisotopic (exact) mass is 246 g/mol. The van der Waals surface area contributed by atoms with Crippen LogP contribution in [0.2, 0.25) is 0 Å². The molecule has 0 nitrogen and oxygen atoms in total. The SMILES string of the molecule is Cc1cc(C(Cl)CCC(C)C)c(F)cc1F. The third-order valence-corrected chi connectivity index (χ3v) is 3.07. The molecular weight excluding hydrogens is 230 g/mol. The van der Waals surface area contributed by atoms with Crippen LogP contribution < -0.4 is 0 Å². The van der Waals surface area contributed by atoms with Crippen LogP contribution in [-0.4, -0.2) is 0 Å². The molecule has 0 aliphatic heterocycles. The van der Waals surface area contributed by atoms with Crippen LogP contribution in [0.4, 0.5) is 8.78 Å². The largest absolute Gasteiger partial charge is 0.207 e. The normalized spacial score (nSPS) is 13.2. The first kappa shape index (κ1) is 13.4. The smallest absolute Gasteiger partial charge is 0.130 e. The van der Waals surface area contributed by atoms with Crippen LogP contribution in [0.5, 0.6) is 0 Å². The summed E-state index contributed by atoms with van der Waals surface area (Å²) in [6.07, 6.45) is 1.64. The summed E-state index contributed by atoms with van der Waals surface area (Å²) in [4.78, 5) is 0. The van der Waals surface area contributed by atoms with Crippen LogP contribution in [0.3, 0.4) is 0 Å². The van der Waals surface area contributed by atoms with Crippen LogP contribution in [0.15, 0.2) is 12.1 Å². The summed E-state index contributed by atoms with van der Waals surface area (Å²) in [6.45, 7) is 5.80. The van der Waals surface area contributed by atoms with E-state index in [0.29, 0.717) is 23.5 Å². The Morgan fingerprint density at radius 1 is 1.12 bits per heavy atom. The van der Waals surface area contributed by atoms with Crippen LogP contribution >= 0.6 is 11.6 Å². The van der Waals surface area contributed by atoms with E-state index in [4.69, 9.17) is 11.6 Å². The van der Waals surface area contributed by atoms with Gasteiger partial charge in [0.15, 0.2) is 0 Å². The van der Waals surface area contributed by atoms with E-state index in [1.807, 2.05) is 0 Å². The Kier molecular flexibility index (Phi) is 4.72. The van der Waals surface area contributed by atoms with Crippen molar-refractivity contribution in [3.63, 3.8) is 0 Å². The Balaban J connectivity index is 2.82. The molecule has 1 aromatic carbocycles. The molecule has 0 spiro atoms. The highest BCUT2D eigenvalue weighted by atomic mass is 35.5. The highest BCUT2D eigenvalue weighted by Crippen LogP contribution is 2.30. The first-order valence-corrected chi connectivity index (χ1v) is 5.95. The molecule has 0 radical (unpaired) electrons. The summed E-state index contributed by atoms with van der Waals surface area (Å²) < 4.78 is 26.5. The summed E-state index contributed by atoms with van der Waals surface area (Å²) in [5, 5.41) is -0.373. The number of benzene rings is 1. The van der Waals surface area contributed by atoms with Gasteiger partial charge in [-0.3, -0.25) is 0 Å². The lowest BCUT2D eigenvalue weighted by molar-refractivity contribution is 0.528. The zero-order chi connectivity index (χ0) is 12.3. The molecule has 3 heteroatoms. The van der Waals surface area contributed by atoms with Crippen molar-refractivity contribution in [2.45, 2.75) is 39.0 Å². The van der Waals surface area contributed by atoms with E-state index < -0.39 is 11.6 Å². The minimum Gasteiger partial charge on any atom is -0.207 e. The zero-order valence-corrected chi connectivity index (χ0v) is 10.6. The van der Waals surface area contributed by atoms with Gasteiger partial charge in [-0.15, -0.1) is 11.6 Å². The highest BCUT2D eigenvalue weighted by Gasteiger charge is 2.15. The van der Waals surface area contributed by atoms with Crippen molar-refractivity contribution in [2.75, 3.05) is 0 Å². The lowest BCUT2D eigenvalue weighted by atomic mass is 10.0. The molecule has 0 aliphatic carbocycles. The van der Waals surface area contributed by atoms with Gasteiger partial charge in [0.25, 0.3) is 0 Å². The quantitative estimate of drug-likeness (QED) is 0.657. The average Bonchev–Trinajstić information content (AvgIpc) is 2.20. The van der Waals surface area contributed by atoms with Crippen LogP contribution in [-0.2, 0) is 0 Å². The number of hydrogen-bond donors (Lipinski definition) is 0. The van der Waals surface area contributed by atoms with E-state index in [2.05, 4.69) is 13.8 Å². The number of halogens is 3. The molecule has 90 valence electrons. The molecule has 1 rings (SSSR count). The minimum absolute atomic E-state index is 0.373. The third kappa shape index (κ3) is 3.44. The summed E-state index contributed by atoms with van der Waals surface area (Å²) in [5.41, 5.74) is 0.841. The van der Waals surface area contributed by atoms with E-state index in [1.54, 1.807) is 6.92 Å². The topological polar surface area (TPSA) is 0 Å². The molecule has 0 saturated heterocycles. The van der Waals surface area contributed by atoms with Gasteiger partial charge in [0, 0.05) is 11.6 Å². The fraction of sp³-hybridized carbons (Fsp3) is 0.538. The molecule has 0 saturated carbocycles. The van der Waals surface area contributed by atoms with Gasteiger partial charge in [0.1, 0.15) is 11.6 Å². The molecular formula is C13H17ClF2. The summed E-state index contributed by atoms with van der Waals surface area (Å²) in [6, 6.07) is 2.41. The van der Waals surface area contributed by atoms with Gasteiger partial charge in [-0.1, -0.05) is 13.8 Å². The Bertz CT molecular complexity index is 361. The Morgan fingerprint density at radius 2 is 1.75 bits per heavy atom. The second-order valence-electron chi connectivity index (χ2n) is 4.56. The van der Waals surface area contributed by atoms with E-state index in [0.717, 1.165) is 12.5 Å². The number of hydrogen-bond acceptors (Lipinski definition) is 0. The Morgan fingerprint density at radius 3 is 2.31 bits per heavy atom. The predicted molar refractivity (Wildman–Crippen MR) is 63.8 cm³/mol. The standard InChI is InChI=1S/C13H17ClF2/c1-8(2)4-5-11(14)10-6-9(3)12(15)7-13(10)16/h6-8,11H,4-5H2,1-3H3. The van der Waals surface area contributed by atoms with Gasteiger partial charge < -0.3 is 0 Å². The summed E-state index contributed by atoms with van der Waals surface area (Å²) in [7, 11) is 0. The van der Waals surface area contributed by atoms with Crippen molar-refractivity contribution < 1.29 is 8.78 Å². The van der Waals surface area contributed by atoms with Gasteiger partial charge in [0.05, 0.1) is 5.38 Å². The Hall–Kier alpha value is -0.630.